The molecule has 0 bridgehead atoms. The van der Waals surface area contributed by atoms with Crippen molar-refractivity contribution in [1.82, 2.24) is 4.98 Å². The number of hydrogen-bond donors (Lipinski definition) is 1. The maximum atomic E-state index is 12.8. The number of fused-ring (bicyclic) bond motifs is 2. The Labute approximate surface area is 201 Å². The number of anilines is 1. The molecular formula is C25H24N2O3S3. The predicted molar refractivity (Wildman–Crippen MR) is 137 cm³/mol. The average Bonchev–Trinajstić information content (AvgIpc) is 3.38. The molecule has 2 aromatic carbocycles. The number of sulfone groups is 1. The van der Waals surface area contributed by atoms with E-state index in [2.05, 4.69) is 11.4 Å². The molecule has 170 valence electrons. The van der Waals surface area contributed by atoms with Crippen LogP contribution in [-0.2, 0) is 33.2 Å². The van der Waals surface area contributed by atoms with Crippen LogP contribution in [0.25, 0.3) is 20.8 Å². The van der Waals surface area contributed by atoms with E-state index in [9.17, 15) is 13.2 Å². The average molecular weight is 497 g/mol. The zero-order valence-electron chi connectivity index (χ0n) is 18.0. The van der Waals surface area contributed by atoms with E-state index in [0.29, 0.717) is 0 Å². The molecule has 1 amide bonds. The van der Waals surface area contributed by atoms with Gasteiger partial charge in [-0.2, -0.15) is 0 Å². The molecule has 0 aliphatic heterocycles. The van der Waals surface area contributed by atoms with Gasteiger partial charge in [-0.05, 0) is 48.9 Å². The van der Waals surface area contributed by atoms with Crippen molar-refractivity contribution in [2.45, 2.75) is 37.9 Å². The third-order valence-corrected chi connectivity index (χ3v) is 9.66. The van der Waals surface area contributed by atoms with E-state index < -0.39 is 9.84 Å². The highest BCUT2D eigenvalue weighted by atomic mass is 32.2. The van der Waals surface area contributed by atoms with Crippen LogP contribution in [0.5, 0.6) is 0 Å². The van der Waals surface area contributed by atoms with E-state index in [-0.39, 0.29) is 23.8 Å². The summed E-state index contributed by atoms with van der Waals surface area (Å²) in [7, 11) is -3.37. The number of thiophene rings is 1. The first-order valence-corrected chi connectivity index (χ1v) is 14.5. The van der Waals surface area contributed by atoms with Crippen molar-refractivity contribution >= 4 is 53.6 Å². The summed E-state index contributed by atoms with van der Waals surface area (Å²) in [5, 5.41) is 4.75. The SMILES string of the molecule is O=C(CCS(=O)(=O)Cc1ccccc1)Nc1sc2c(c1-c1nc3ccccc3s1)CCCC2. The molecule has 1 aliphatic carbocycles. The standard InChI is InChI=1S/C25H24N2O3S3/c28-22(14-15-33(29,30)16-17-8-2-1-3-9-17)27-25-23(18-10-4-6-12-20(18)31-25)24-26-19-11-5-7-13-21(19)32-24/h1-3,5,7-9,11,13H,4,6,10,12,14-16H2,(H,27,28). The van der Waals surface area contributed by atoms with Crippen molar-refractivity contribution in [3.8, 4) is 10.6 Å². The lowest BCUT2D eigenvalue weighted by Crippen LogP contribution is -2.18. The Morgan fingerprint density at radius 1 is 0.970 bits per heavy atom. The minimum absolute atomic E-state index is 0.0502. The van der Waals surface area contributed by atoms with Crippen molar-refractivity contribution in [1.29, 1.82) is 0 Å². The molecule has 0 fully saturated rings. The molecular weight excluding hydrogens is 472 g/mol. The molecule has 2 heterocycles. The Balaban J connectivity index is 1.36. The third kappa shape index (κ3) is 5.03. The summed E-state index contributed by atoms with van der Waals surface area (Å²) >= 11 is 3.25. The van der Waals surface area contributed by atoms with Crippen molar-refractivity contribution in [2.24, 2.45) is 0 Å². The predicted octanol–water partition coefficient (Wildman–Crippen LogP) is 5.85. The Morgan fingerprint density at radius 3 is 2.55 bits per heavy atom. The van der Waals surface area contributed by atoms with Crippen molar-refractivity contribution in [2.75, 3.05) is 11.1 Å². The number of nitrogens with one attached hydrogen (secondary N) is 1. The molecule has 8 heteroatoms. The van der Waals surface area contributed by atoms with Gasteiger partial charge in [0, 0.05) is 16.9 Å². The molecule has 4 aromatic rings. The summed E-state index contributed by atoms with van der Waals surface area (Å²) < 4.78 is 26.2. The minimum atomic E-state index is -3.37. The maximum absolute atomic E-state index is 12.8. The highest BCUT2D eigenvalue weighted by molar-refractivity contribution is 7.90. The summed E-state index contributed by atoms with van der Waals surface area (Å²) in [4.78, 5) is 18.9. The van der Waals surface area contributed by atoms with Gasteiger partial charge >= 0.3 is 0 Å². The first-order chi connectivity index (χ1) is 16.0. The minimum Gasteiger partial charge on any atom is -0.317 e. The van der Waals surface area contributed by atoms with E-state index in [4.69, 9.17) is 4.98 Å². The van der Waals surface area contributed by atoms with Crippen molar-refractivity contribution in [3.05, 3.63) is 70.6 Å². The van der Waals surface area contributed by atoms with Crippen molar-refractivity contribution in [3.63, 3.8) is 0 Å². The molecule has 2 aromatic heterocycles. The fraction of sp³-hybridized carbons (Fsp3) is 0.280. The number of carbonyl (C=O) groups is 1. The normalized spacial score (nSPS) is 13.7. The van der Waals surface area contributed by atoms with Crippen LogP contribution in [0.1, 0.15) is 35.3 Å². The molecule has 5 nitrogen and oxygen atoms in total. The molecule has 1 N–H and O–H groups in total. The lowest BCUT2D eigenvalue weighted by Gasteiger charge is -2.11. The molecule has 0 saturated carbocycles. The molecule has 0 unspecified atom stereocenters. The number of rotatable bonds is 7. The number of aryl methyl sites for hydroxylation is 1. The van der Waals surface area contributed by atoms with Gasteiger partial charge in [-0.15, -0.1) is 22.7 Å². The number of amides is 1. The summed E-state index contributed by atoms with van der Waals surface area (Å²) in [6.07, 6.45) is 4.22. The van der Waals surface area contributed by atoms with Crippen LogP contribution in [0.15, 0.2) is 54.6 Å². The van der Waals surface area contributed by atoms with Gasteiger partial charge in [0.2, 0.25) is 5.91 Å². The van der Waals surface area contributed by atoms with Crippen LogP contribution in [0, 0.1) is 0 Å². The van der Waals surface area contributed by atoms with E-state index in [1.165, 1.54) is 10.4 Å². The lowest BCUT2D eigenvalue weighted by molar-refractivity contribution is -0.115. The van der Waals surface area contributed by atoms with Gasteiger partial charge in [0.1, 0.15) is 10.0 Å². The summed E-state index contributed by atoms with van der Waals surface area (Å²) in [5.41, 5.74) is 4.01. The number of hydrogen-bond acceptors (Lipinski definition) is 6. The number of thiazole rings is 1. The first kappa shape index (κ1) is 22.3. The fourth-order valence-electron chi connectivity index (χ4n) is 4.20. The first-order valence-electron chi connectivity index (χ1n) is 11.0. The van der Waals surface area contributed by atoms with E-state index in [1.807, 2.05) is 36.4 Å². The van der Waals surface area contributed by atoms with E-state index >= 15 is 0 Å². The lowest BCUT2D eigenvalue weighted by atomic mass is 9.96. The zero-order chi connectivity index (χ0) is 22.8. The topological polar surface area (TPSA) is 76.1 Å². The van der Waals surface area contributed by atoms with Crippen LogP contribution in [0.2, 0.25) is 0 Å². The van der Waals surface area contributed by atoms with Gasteiger partial charge in [0.15, 0.2) is 9.84 Å². The Morgan fingerprint density at radius 2 is 1.73 bits per heavy atom. The van der Waals surface area contributed by atoms with Gasteiger partial charge in [0.25, 0.3) is 0 Å². The van der Waals surface area contributed by atoms with E-state index in [1.54, 1.807) is 34.8 Å². The number of carbonyl (C=O) groups excluding carboxylic acids is 1. The molecule has 1 aliphatic rings. The third-order valence-electron chi connectivity index (χ3n) is 5.80. The molecule has 0 radical (unpaired) electrons. The Kier molecular flexibility index (Phi) is 6.32. The summed E-state index contributed by atoms with van der Waals surface area (Å²) in [6.45, 7) is 0. The van der Waals surface area contributed by atoms with Gasteiger partial charge in [0.05, 0.1) is 21.7 Å². The Hall–Kier alpha value is -2.55. The number of para-hydroxylation sites is 1. The zero-order valence-corrected chi connectivity index (χ0v) is 20.5. The fourth-order valence-corrected chi connectivity index (χ4v) is 7.95. The second-order valence-electron chi connectivity index (χ2n) is 8.28. The molecule has 5 rings (SSSR count). The van der Waals surface area contributed by atoms with Crippen LogP contribution in [0.3, 0.4) is 0 Å². The van der Waals surface area contributed by atoms with E-state index in [0.717, 1.165) is 57.0 Å². The number of benzene rings is 2. The largest absolute Gasteiger partial charge is 0.317 e. The molecule has 0 spiro atoms. The maximum Gasteiger partial charge on any atom is 0.226 e. The van der Waals surface area contributed by atoms with Gasteiger partial charge in [-0.25, -0.2) is 13.4 Å². The van der Waals surface area contributed by atoms with Gasteiger partial charge < -0.3 is 5.32 Å². The summed E-state index contributed by atoms with van der Waals surface area (Å²) in [5.74, 6) is -0.492. The highest BCUT2D eigenvalue weighted by Gasteiger charge is 2.25. The molecule has 33 heavy (non-hydrogen) atoms. The summed E-state index contributed by atoms with van der Waals surface area (Å²) in [6, 6.07) is 17.1. The quantitative estimate of drug-likeness (QED) is 0.348. The van der Waals surface area contributed by atoms with Crippen LogP contribution in [0.4, 0.5) is 5.00 Å². The molecule has 0 saturated heterocycles. The van der Waals surface area contributed by atoms with Gasteiger partial charge in [-0.1, -0.05) is 42.5 Å². The monoisotopic (exact) mass is 496 g/mol. The van der Waals surface area contributed by atoms with Crippen LogP contribution < -0.4 is 5.32 Å². The highest BCUT2D eigenvalue weighted by Crippen LogP contribution is 2.46. The molecule has 0 atom stereocenters. The number of nitrogens with zero attached hydrogens (tertiary/aromatic N) is 1. The smallest absolute Gasteiger partial charge is 0.226 e. The van der Waals surface area contributed by atoms with Gasteiger partial charge in [-0.3, -0.25) is 4.79 Å². The van der Waals surface area contributed by atoms with Crippen LogP contribution in [-0.4, -0.2) is 25.1 Å². The number of aromatic nitrogens is 1. The second kappa shape index (κ2) is 9.37. The van der Waals surface area contributed by atoms with Crippen LogP contribution >= 0.6 is 22.7 Å². The Bertz CT molecular complexity index is 1370. The van der Waals surface area contributed by atoms with Crippen molar-refractivity contribution < 1.29 is 13.2 Å². The second-order valence-corrected chi connectivity index (χ2v) is 12.6.